The van der Waals surface area contributed by atoms with Crippen LogP contribution in [0.25, 0.3) is 0 Å². The van der Waals surface area contributed by atoms with Gasteiger partial charge in [-0.25, -0.2) is 9.18 Å². The minimum absolute atomic E-state index is 0.00488. The molecule has 0 heterocycles. The van der Waals surface area contributed by atoms with E-state index in [2.05, 4.69) is 36.6 Å². The van der Waals surface area contributed by atoms with E-state index in [1.807, 2.05) is 0 Å². The minimum Gasteiger partial charge on any atom is -0.508 e. The van der Waals surface area contributed by atoms with E-state index in [9.17, 15) is 24.0 Å². The summed E-state index contributed by atoms with van der Waals surface area (Å²) in [5, 5.41) is 19.0. The molecule has 6 nitrogen and oxygen atoms in total. The summed E-state index contributed by atoms with van der Waals surface area (Å²) in [5.41, 5.74) is 1.31. The number of methoxy groups -OCH3 is 1. The fourth-order valence-electron chi connectivity index (χ4n) is 3.04. The van der Waals surface area contributed by atoms with Gasteiger partial charge in [-0.05, 0) is 92.4 Å². The van der Waals surface area contributed by atoms with Crippen LogP contribution in [0.2, 0.25) is 0 Å². The summed E-state index contributed by atoms with van der Waals surface area (Å²) >= 11 is 6.80. The zero-order valence-electron chi connectivity index (χ0n) is 17.4. The zero-order chi connectivity index (χ0) is 24.3. The Morgan fingerprint density at radius 2 is 1.79 bits per heavy atom. The summed E-state index contributed by atoms with van der Waals surface area (Å²) in [4.78, 5) is 11.8. The van der Waals surface area contributed by atoms with Gasteiger partial charge in [0.05, 0.1) is 21.6 Å². The van der Waals surface area contributed by atoms with Crippen LogP contribution in [-0.4, -0.2) is 23.3 Å². The lowest BCUT2D eigenvalue weighted by atomic mass is 10.0. The lowest BCUT2D eigenvalue weighted by Gasteiger charge is -2.18. The highest BCUT2D eigenvalue weighted by molar-refractivity contribution is 9.11. The third-order valence-electron chi connectivity index (χ3n) is 4.82. The largest absolute Gasteiger partial charge is 0.508 e. The van der Waals surface area contributed by atoms with Crippen molar-refractivity contribution in [1.29, 1.82) is 0 Å². The number of hydrogen-bond donors (Lipinski definition) is 2. The summed E-state index contributed by atoms with van der Waals surface area (Å²) in [7, 11) is 0.725. The van der Waals surface area contributed by atoms with E-state index in [0.29, 0.717) is 37.1 Å². The van der Waals surface area contributed by atoms with Gasteiger partial charge in [-0.1, -0.05) is 6.07 Å². The highest BCUT2D eigenvalue weighted by Gasteiger charge is 2.26. The van der Waals surface area contributed by atoms with Crippen molar-refractivity contribution in [3.8, 4) is 17.2 Å². The molecule has 3 aromatic carbocycles. The first-order valence-corrected chi connectivity index (χ1v) is 11.9. The fourth-order valence-corrected chi connectivity index (χ4v) is 4.62. The minimum atomic E-state index is -1.56. The standard InChI is InChI=1S/C23H18Br2FO6P/c1-23(29,33-30)14-10-17(24)21(18(25)11-14)32-15-4-6-20(27)13(9-15)7-12-3-5-19(26)16(8-12)22(28)31-2/h3-6,8-11,27,29H,7H2,1-2H3. The van der Waals surface area contributed by atoms with Crippen molar-refractivity contribution in [2.75, 3.05) is 7.11 Å². The van der Waals surface area contributed by atoms with Gasteiger partial charge in [0, 0.05) is 12.0 Å². The zero-order valence-corrected chi connectivity index (χ0v) is 21.5. The van der Waals surface area contributed by atoms with Crippen LogP contribution in [0.3, 0.4) is 0 Å². The molecular weight excluding hydrogens is 582 g/mol. The summed E-state index contributed by atoms with van der Waals surface area (Å²) in [5.74, 6) is -0.667. The Kier molecular flexibility index (Phi) is 7.90. The summed E-state index contributed by atoms with van der Waals surface area (Å²) in [6.07, 6.45) is 0.208. The maximum absolute atomic E-state index is 13.9. The monoisotopic (exact) mass is 598 g/mol. The van der Waals surface area contributed by atoms with Crippen molar-refractivity contribution in [1.82, 2.24) is 0 Å². The number of carbonyl (C=O) groups is 1. The van der Waals surface area contributed by atoms with E-state index in [4.69, 9.17) is 4.74 Å². The van der Waals surface area contributed by atoms with Crippen LogP contribution >= 0.6 is 40.3 Å². The number of halogens is 3. The SMILES string of the molecule is COC(=O)c1cc(Cc2cc(Oc3c(Br)cc(C(C)(O)P=O)cc3Br)ccc2O)ccc1F. The van der Waals surface area contributed by atoms with Crippen LogP contribution in [0.5, 0.6) is 17.2 Å². The molecular formula is C23H18Br2FO6P. The molecule has 1 atom stereocenters. The summed E-state index contributed by atoms with van der Waals surface area (Å²) < 4.78 is 36.8. The first-order valence-electron chi connectivity index (χ1n) is 9.48. The molecule has 3 aromatic rings. The summed E-state index contributed by atoms with van der Waals surface area (Å²) in [6, 6.07) is 11.9. The molecule has 33 heavy (non-hydrogen) atoms. The lowest BCUT2D eigenvalue weighted by molar-refractivity contribution is 0.0595. The molecule has 172 valence electrons. The van der Waals surface area contributed by atoms with Crippen molar-refractivity contribution in [2.45, 2.75) is 18.7 Å². The predicted molar refractivity (Wildman–Crippen MR) is 128 cm³/mol. The van der Waals surface area contributed by atoms with E-state index >= 15 is 0 Å². The van der Waals surface area contributed by atoms with E-state index in [1.54, 1.807) is 24.3 Å². The van der Waals surface area contributed by atoms with Crippen LogP contribution in [0.1, 0.15) is 34.0 Å². The Bertz CT molecular complexity index is 1210. The number of carbonyl (C=O) groups excluding carboxylic acids is 1. The smallest absolute Gasteiger partial charge is 0.340 e. The van der Waals surface area contributed by atoms with E-state index in [0.717, 1.165) is 0 Å². The molecule has 3 rings (SSSR count). The lowest BCUT2D eigenvalue weighted by Crippen LogP contribution is -2.12. The number of hydrogen-bond acceptors (Lipinski definition) is 6. The van der Waals surface area contributed by atoms with Gasteiger partial charge < -0.3 is 19.7 Å². The molecule has 0 aliphatic heterocycles. The van der Waals surface area contributed by atoms with Gasteiger partial charge in [0.25, 0.3) is 0 Å². The fraction of sp³-hybridized carbons (Fsp3) is 0.174. The third-order valence-corrected chi connectivity index (χ3v) is 6.62. The molecule has 0 bridgehead atoms. The van der Waals surface area contributed by atoms with Crippen LogP contribution in [0.4, 0.5) is 4.39 Å². The van der Waals surface area contributed by atoms with Crippen LogP contribution in [-0.2, 0) is 21.1 Å². The average molecular weight is 600 g/mol. The first kappa shape index (κ1) is 25.3. The molecule has 10 heteroatoms. The second-order valence-corrected chi connectivity index (χ2v) is 10.0. The van der Waals surface area contributed by atoms with Gasteiger partial charge >= 0.3 is 5.97 Å². The Morgan fingerprint density at radius 1 is 1.12 bits per heavy atom. The maximum atomic E-state index is 13.9. The first-order chi connectivity index (χ1) is 15.6. The number of rotatable bonds is 7. The molecule has 0 saturated heterocycles. The second-order valence-electron chi connectivity index (χ2n) is 7.26. The molecule has 0 fully saturated rings. The van der Waals surface area contributed by atoms with Gasteiger partial charge in [0.2, 0.25) is 0 Å². The van der Waals surface area contributed by atoms with Gasteiger partial charge in [0.15, 0.2) is 19.6 Å². The predicted octanol–water partition coefficient (Wildman–Crippen LogP) is 6.68. The number of esters is 1. The Morgan fingerprint density at radius 3 is 2.39 bits per heavy atom. The molecule has 0 aliphatic carbocycles. The third kappa shape index (κ3) is 5.79. The van der Waals surface area contributed by atoms with Gasteiger partial charge in [-0.3, -0.25) is 4.57 Å². The maximum Gasteiger partial charge on any atom is 0.340 e. The number of aliphatic hydroxyl groups is 1. The number of phenols is 1. The number of ether oxygens (including phenoxy) is 2. The van der Waals surface area contributed by atoms with Gasteiger partial charge in [-0.2, -0.15) is 0 Å². The van der Waals surface area contributed by atoms with Crippen LogP contribution in [0, 0.1) is 5.82 Å². The molecule has 2 N–H and O–H groups in total. The quantitative estimate of drug-likeness (QED) is 0.232. The topological polar surface area (TPSA) is 93.1 Å². The second kappa shape index (κ2) is 10.3. The molecule has 0 radical (unpaired) electrons. The van der Waals surface area contributed by atoms with Crippen molar-refractivity contribution in [3.63, 3.8) is 0 Å². The summed E-state index contributed by atoms with van der Waals surface area (Å²) in [6.45, 7) is 1.42. The normalized spacial score (nSPS) is 12.9. The number of benzene rings is 3. The van der Waals surface area contributed by atoms with E-state index in [1.165, 1.54) is 38.3 Å². The van der Waals surface area contributed by atoms with Gasteiger partial charge in [0.1, 0.15) is 17.3 Å². The highest BCUT2D eigenvalue weighted by atomic mass is 79.9. The van der Waals surface area contributed by atoms with Crippen molar-refractivity contribution >= 4 is 46.3 Å². The van der Waals surface area contributed by atoms with Crippen molar-refractivity contribution < 1.29 is 33.4 Å². The molecule has 0 aliphatic rings. The van der Waals surface area contributed by atoms with E-state index < -0.39 is 25.6 Å². The molecule has 1 unspecified atom stereocenters. The van der Waals surface area contributed by atoms with Crippen molar-refractivity contribution in [3.05, 3.63) is 85.5 Å². The van der Waals surface area contributed by atoms with Crippen LogP contribution in [0.15, 0.2) is 57.5 Å². The molecule has 0 saturated carbocycles. The molecule has 0 aromatic heterocycles. The Balaban J connectivity index is 1.90. The molecule has 0 amide bonds. The van der Waals surface area contributed by atoms with E-state index in [-0.39, 0.29) is 17.7 Å². The Hall–Kier alpha value is -2.32. The Labute approximate surface area is 207 Å². The van der Waals surface area contributed by atoms with Crippen molar-refractivity contribution in [2.24, 2.45) is 0 Å². The average Bonchev–Trinajstić information content (AvgIpc) is 2.78. The van der Waals surface area contributed by atoms with Gasteiger partial charge in [-0.15, -0.1) is 0 Å². The molecule has 0 spiro atoms. The number of aromatic hydroxyl groups is 1. The number of phenolic OH excluding ortho intramolecular Hbond substituents is 1. The highest BCUT2D eigenvalue weighted by Crippen LogP contribution is 2.43. The van der Waals surface area contributed by atoms with Crippen LogP contribution < -0.4 is 4.74 Å².